The lowest BCUT2D eigenvalue weighted by Gasteiger charge is -2.15. The SMILES string of the molecule is CCOCCn1c(COc2cc(C)ccc2C(C)C)nc2ccccc21. The number of hydrogen-bond donors (Lipinski definition) is 0. The Morgan fingerprint density at radius 1 is 1.12 bits per heavy atom. The molecule has 1 aromatic heterocycles. The van der Waals surface area contributed by atoms with Crippen LogP contribution in [-0.4, -0.2) is 22.8 Å². The first-order chi connectivity index (χ1) is 12.6. The lowest BCUT2D eigenvalue weighted by Crippen LogP contribution is -2.12. The molecule has 4 heteroatoms. The van der Waals surface area contributed by atoms with Crippen molar-refractivity contribution in [2.45, 2.75) is 46.8 Å². The molecule has 2 aromatic carbocycles. The predicted molar refractivity (Wildman–Crippen MR) is 106 cm³/mol. The van der Waals surface area contributed by atoms with Crippen LogP contribution < -0.4 is 4.74 Å². The topological polar surface area (TPSA) is 36.3 Å². The number of hydrogen-bond acceptors (Lipinski definition) is 3. The molecule has 0 spiro atoms. The molecule has 0 saturated carbocycles. The number of nitrogens with zero attached hydrogens (tertiary/aromatic N) is 2. The van der Waals surface area contributed by atoms with Crippen molar-refractivity contribution in [1.29, 1.82) is 0 Å². The average molecular weight is 352 g/mol. The van der Waals surface area contributed by atoms with Crippen LogP contribution in [-0.2, 0) is 17.9 Å². The summed E-state index contributed by atoms with van der Waals surface area (Å²) in [4.78, 5) is 4.79. The molecular formula is C22H28N2O2. The first-order valence-corrected chi connectivity index (χ1v) is 9.35. The Morgan fingerprint density at radius 2 is 1.92 bits per heavy atom. The van der Waals surface area contributed by atoms with E-state index in [0.29, 0.717) is 19.1 Å². The predicted octanol–water partition coefficient (Wildman–Crippen LogP) is 5.08. The van der Waals surface area contributed by atoms with Gasteiger partial charge in [-0.1, -0.05) is 38.1 Å². The van der Waals surface area contributed by atoms with E-state index < -0.39 is 0 Å². The average Bonchev–Trinajstić information content (AvgIpc) is 2.98. The zero-order valence-corrected chi connectivity index (χ0v) is 16.2. The van der Waals surface area contributed by atoms with Crippen molar-refractivity contribution in [2.24, 2.45) is 0 Å². The second-order valence-corrected chi connectivity index (χ2v) is 6.85. The molecule has 0 N–H and O–H groups in total. The number of rotatable bonds is 8. The third-order valence-electron chi connectivity index (χ3n) is 4.54. The molecule has 26 heavy (non-hydrogen) atoms. The lowest BCUT2D eigenvalue weighted by atomic mass is 10.0. The first-order valence-electron chi connectivity index (χ1n) is 9.35. The van der Waals surface area contributed by atoms with E-state index in [1.807, 2.05) is 25.1 Å². The summed E-state index contributed by atoms with van der Waals surface area (Å²) in [6.07, 6.45) is 0. The Kier molecular flexibility index (Phi) is 5.94. The van der Waals surface area contributed by atoms with E-state index in [0.717, 1.165) is 35.8 Å². The first kappa shape index (κ1) is 18.5. The number of ether oxygens (including phenoxy) is 2. The third kappa shape index (κ3) is 4.07. The fraction of sp³-hybridized carbons (Fsp3) is 0.409. The van der Waals surface area contributed by atoms with Gasteiger partial charge < -0.3 is 14.0 Å². The molecule has 0 aliphatic carbocycles. The van der Waals surface area contributed by atoms with Gasteiger partial charge in [-0.05, 0) is 49.1 Å². The van der Waals surface area contributed by atoms with Crippen LogP contribution in [0.2, 0.25) is 0 Å². The van der Waals surface area contributed by atoms with E-state index in [9.17, 15) is 0 Å². The summed E-state index contributed by atoms with van der Waals surface area (Å²) >= 11 is 0. The van der Waals surface area contributed by atoms with Crippen LogP contribution in [0, 0.1) is 6.92 Å². The van der Waals surface area contributed by atoms with Crippen molar-refractivity contribution < 1.29 is 9.47 Å². The van der Waals surface area contributed by atoms with Gasteiger partial charge in [0.1, 0.15) is 18.2 Å². The molecule has 0 radical (unpaired) electrons. The van der Waals surface area contributed by atoms with Crippen molar-refractivity contribution in [3.05, 3.63) is 59.4 Å². The molecule has 0 saturated heterocycles. The summed E-state index contributed by atoms with van der Waals surface area (Å²) in [5.41, 5.74) is 4.55. The number of fused-ring (bicyclic) bond motifs is 1. The van der Waals surface area contributed by atoms with E-state index in [1.165, 1.54) is 11.1 Å². The number of benzene rings is 2. The molecule has 4 nitrogen and oxygen atoms in total. The van der Waals surface area contributed by atoms with Crippen molar-refractivity contribution in [3.63, 3.8) is 0 Å². The minimum atomic E-state index is 0.419. The van der Waals surface area contributed by atoms with Gasteiger partial charge in [-0.2, -0.15) is 0 Å². The smallest absolute Gasteiger partial charge is 0.148 e. The van der Waals surface area contributed by atoms with Gasteiger partial charge in [0.15, 0.2) is 0 Å². The van der Waals surface area contributed by atoms with E-state index in [1.54, 1.807) is 0 Å². The van der Waals surface area contributed by atoms with Gasteiger partial charge in [0.25, 0.3) is 0 Å². The van der Waals surface area contributed by atoms with Gasteiger partial charge in [0, 0.05) is 13.2 Å². The standard InChI is InChI=1S/C22H28N2O2/c1-5-25-13-12-24-20-9-7-6-8-19(20)23-22(24)15-26-21-14-17(4)10-11-18(21)16(2)3/h6-11,14,16H,5,12-13,15H2,1-4H3. The van der Waals surface area contributed by atoms with Crippen molar-refractivity contribution >= 4 is 11.0 Å². The molecule has 0 bridgehead atoms. The number of imidazole rings is 1. The largest absolute Gasteiger partial charge is 0.485 e. The molecule has 138 valence electrons. The molecule has 0 unspecified atom stereocenters. The Hall–Kier alpha value is -2.33. The summed E-state index contributed by atoms with van der Waals surface area (Å²) < 4.78 is 14.0. The van der Waals surface area contributed by atoms with Crippen LogP contribution in [0.3, 0.4) is 0 Å². The minimum Gasteiger partial charge on any atom is -0.485 e. The maximum atomic E-state index is 6.22. The highest BCUT2D eigenvalue weighted by molar-refractivity contribution is 5.75. The van der Waals surface area contributed by atoms with Crippen molar-refractivity contribution in [3.8, 4) is 5.75 Å². The fourth-order valence-electron chi connectivity index (χ4n) is 3.17. The Bertz CT molecular complexity index is 868. The molecule has 0 amide bonds. The Morgan fingerprint density at radius 3 is 2.69 bits per heavy atom. The minimum absolute atomic E-state index is 0.419. The molecule has 3 aromatic rings. The Labute approximate surface area is 155 Å². The maximum Gasteiger partial charge on any atom is 0.148 e. The van der Waals surface area contributed by atoms with Crippen molar-refractivity contribution in [2.75, 3.05) is 13.2 Å². The van der Waals surface area contributed by atoms with Crippen LogP contribution in [0.5, 0.6) is 5.75 Å². The third-order valence-corrected chi connectivity index (χ3v) is 4.54. The molecule has 0 atom stereocenters. The molecule has 3 rings (SSSR count). The van der Waals surface area contributed by atoms with Gasteiger partial charge in [0.05, 0.1) is 17.6 Å². The van der Waals surface area contributed by atoms with Gasteiger partial charge in [-0.25, -0.2) is 4.98 Å². The van der Waals surface area contributed by atoms with Gasteiger partial charge in [-0.15, -0.1) is 0 Å². The summed E-state index contributed by atoms with van der Waals surface area (Å²) in [7, 11) is 0. The van der Waals surface area contributed by atoms with Crippen molar-refractivity contribution in [1.82, 2.24) is 9.55 Å². The highest BCUT2D eigenvalue weighted by Crippen LogP contribution is 2.28. The number of para-hydroxylation sites is 2. The van der Waals surface area contributed by atoms with Gasteiger partial charge >= 0.3 is 0 Å². The van der Waals surface area contributed by atoms with Gasteiger partial charge in [-0.3, -0.25) is 0 Å². The molecule has 0 aliphatic rings. The zero-order valence-electron chi connectivity index (χ0n) is 16.2. The number of aromatic nitrogens is 2. The maximum absolute atomic E-state index is 6.22. The molecular weight excluding hydrogens is 324 g/mol. The van der Waals surface area contributed by atoms with Crippen LogP contribution in [0.15, 0.2) is 42.5 Å². The summed E-state index contributed by atoms with van der Waals surface area (Å²) in [6, 6.07) is 14.6. The van der Waals surface area contributed by atoms with Crippen LogP contribution in [0.1, 0.15) is 43.6 Å². The van der Waals surface area contributed by atoms with E-state index in [4.69, 9.17) is 14.5 Å². The van der Waals surface area contributed by atoms with E-state index >= 15 is 0 Å². The summed E-state index contributed by atoms with van der Waals surface area (Å²) in [6.45, 7) is 11.1. The zero-order chi connectivity index (χ0) is 18.5. The monoisotopic (exact) mass is 352 g/mol. The highest BCUT2D eigenvalue weighted by Gasteiger charge is 2.13. The Balaban J connectivity index is 1.87. The second-order valence-electron chi connectivity index (χ2n) is 6.85. The quantitative estimate of drug-likeness (QED) is 0.530. The normalized spacial score (nSPS) is 11.4. The summed E-state index contributed by atoms with van der Waals surface area (Å²) in [5.74, 6) is 2.30. The highest BCUT2D eigenvalue weighted by atomic mass is 16.5. The van der Waals surface area contributed by atoms with E-state index in [-0.39, 0.29) is 0 Å². The van der Waals surface area contributed by atoms with Crippen LogP contribution in [0.25, 0.3) is 11.0 Å². The van der Waals surface area contributed by atoms with Crippen LogP contribution >= 0.6 is 0 Å². The molecule has 0 aliphatic heterocycles. The second kappa shape index (κ2) is 8.37. The molecule has 1 heterocycles. The summed E-state index contributed by atoms with van der Waals surface area (Å²) in [5, 5.41) is 0. The number of aryl methyl sites for hydroxylation is 1. The fourth-order valence-corrected chi connectivity index (χ4v) is 3.17. The molecule has 0 fully saturated rings. The lowest BCUT2D eigenvalue weighted by molar-refractivity contribution is 0.138. The van der Waals surface area contributed by atoms with Gasteiger partial charge in [0.2, 0.25) is 0 Å². The van der Waals surface area contributed by atoms with Crippen LogP contribution in [0.4, 0.5) is 0 Å². The van der Waals surface area contributed by atoms with E-state index in [2.05, 4.69) is 49.6 Å².